The van der Waals surface area contributed by atoms with E-state index in [1.165, 1.54) is 0 Å². The van der Waals surface area contributed by atoms with Gasteiger partial charge in [-0.15, -0.1) is 0 Å². The van der Waals surface area contributed by atoms with E-state index >= 15 is 0 Å². The number of benzene rings is 1. The lowest BCUT2D eigenvalue weighted by atomic mass is 10.1. The van der Waals surface area contributed by atoms with E-state index in [1.54, 1.807) is 42.6 Å². The molecule has 112 valence electrons. The number of hydrogen-bond donors (Lipinski definition) is 3. The van der Waals surface area contributed by atoms with Crippen LogP contribution in [0.25, 0.3) is 0 Å². The Morgan fingerprint density at radius 3 is 2.64 bits per heavy atom. The molecule has 3 rings (SSSR count). The van der Waals surface area contributed by atoms with Gasteiger partial charge in [-0.05, 0) is 24.3 Å². The molecule has 1 unspecified atom stereocenters. The van der Waals surface area contributed by atoms with Crippen molar-refractivity contribution in [1.82, 2.24) is 10.3 Å². The molecule has 2 aromatic rings. The van der Waals surface area contributed by atoms with Crippen LogP contribution in [0.15, 0.2) is 52.6 Å². The monoisotopic (exact) mass is 334 g/mol. The summed E-state index contributed by atoms with van der Waals surface area (Å²) in [6, 6.07) is 10.4. The van der Waals surface area contributed by atoms with Gasteiger partial charge in [0.25, 0.3) is 0 Å². The third-order valence-electron chi connectivity index (χ3n) is 3.07. The summed E-state index contributed by atoms with van der Waals surface area (Å²) >= 11 is 11.9. The van der Waals surface area contributed by atoms with E-state index in [0.717, 1.165) is 0 Å². The summed E-state index contributed by atoms with van der Waals surface area (Å²) in [5, 5.41) is 3.76. The van der Waals surface area contributed by atoms with Crippen molar-refractivity contribution in [2.45, 2.75) is 5.79 Å². The van der Waals surface area contributed by atoms with Gasteiger partial charge < -0.3 is 11.1 Å². The number of aliphatic imine (C=N–C) groups is 2. The minimum atomic E-state index is -1.36. The van der Waals surface area contributed by atoms with E-state index in [2.05, 4.69) is 20.3 Å². The Balaban J connectivity index is 2.09. The Morgan fingerprint density at radius 1 is 1.09 bits per heavy atom. The second-order valence-electron chi connectivity index (χ2n) is 4.69. The van der Waals surface area contributed by atoms with E-state index in [9.17, 15) is 0 Å². The van der Waals surface area contributed by atoms with Crippen molar-refractivity contribution in [2.75, 3.05) is 0 Å². The smallest absolute Gasteiger partial charge is 0.234 e. The average molecular weight is 335 g/mol. The summed E-state index contributed by atoms with van der Waals surface area (Å²) in [6.45, 7) is 0. The molecule has 0 saturated heterocycles. The molecule has 0 amide bonds. The number of rotatable bonds is 2. The van der Waals surface area contributed by atoms with Gasteiger partial charge in [-0.1, -0.05) is 35.3 Å². The molecule has 1 aromatic heterocycles. The van der Waals surface area contributed by atoms with Crippen molar-refractivity contribution in [3.8, 4) is 0 Å². The lowest BCUT2D eigenvalue weighted by molar-refractivity contribution is 0.486. The summed E-state index contributed by atoms with van der Waals surface area (Å²) < 4.78 is 0. The molecule has 6 nitrogen and oxygen atoms in total. The first-order valence-corrected chi connectivity index (χ1v) is 7.11. The van der Waals surface area contributed by atoms with Crippen molar-refractivity contribution in [3.63, 3.8) is 0 Å². The SMILES string of the molecule is NC1=NC(N)(c2cccc(Cl)c2)N=C(c2ccnc(Cl)c2)N1. The lowest BCUT2D eigenvalue weighted by Gasteiger charge is -2.28. The van der Waals surface area contributed by atoms with Crippen molar-refractivity contribution in [2.24, 2.45) is 21.5 Å². The Bertz CT molecular complexity index is 788. The number of pyridine rings is 1. The van der Waals surface area contributed by atoms with E-state index in [4.69, 9.17) is 34.7 Å². The third kappa shape index (κ3) is 2.89. The van der Waals surface area contributed by atoms with E-state index in [-0.39, 0.29) is 5.96 Å². The highest BCUT2D eigenvalue weighted by atomic mass is 35.5. The van der Waals surface area contributed by atoms with Crippen LogP contribution in [-0.4, -0.2) is 16.8 Å². The van der Waals surface area contributed by atoms with Crippen LogP contribution in [0.1, 0.15) is 11.1 Å². The Morgan fingerprint density at radius 2 is 1.91 bits per heavy atom. The number of amidine groups is 1. The van der Waals surface area contributed by atoms with Crippen LogP contribution in [0.5, 0.6) is 0 Å². The number of halogens is 2. The fraction of sp³-hybridized carbons (Fsp3) is 0.0714. The van der Waals surface area contributed by atoms with Crippen LogP contribution in [0.2, 0.25) is 10.2 Å². The van der Waals surface area contributed by atoms with Gasteiger partial charge in [0.15, 0.2) is 5.96 Å². The predicted octanol–water partition coefficient (Wildman–Crippen LogP) is 1.82. The zero-order valence-electron chi connectivity index (χ0n) is 11.3. The predicted molar refractivity (Wildman–Crippen MR) is 87.9 cm³/mol. The summed E-state index contributed by atoms with van der Waals surface area (Å²) in [7, 11) is 0. The molecular weight excluding hydrogens is 323 g/mol. The molecule has 5 N–H and O–H groups in total. The second kappa shape index (κ2) is 5.57. The van der Waals surface area contributed by atoms with Crippen LogP contribution < -0.4 is 16.8 Å². The van der Waals surface area contributed by atoms with Crippen LogP contribution in [0.4, 0.5) is 0 Å². The summed E-state index contributed by atoms with van der Waals surface area (Å²) in [4.78, 5) is 12.6. The van der Waals surface area contributed by atoms with Crippen LogP contribution in [-0.2, 0) is 5.79 Å². The molecular formula is C14H12Cl2N6. The molecule has 1 atom stereocenters. The van der Waals surface area contributed by atoms with Crippen LogP contribution in [0, 0.1) is 0 Å². The highest BCUT2D eigenvalue weighted by Gasteiger charge is 2.31. The highest BCUT2D eigenvalue weighted by Crippen LogP contribution is 2.26. The zero-order chi connectivity index (χ0) is 15.7. The zero-order valence-corrected chi connectivity index (χ0v) is 12.8. The Hall–Kier alpha value is -2.15. The summed E-state index contributed by atoms with van der Waals surface area (Å²) in [5.74, 6) is -0.745. The lowest BCUT2D eigenvalue weighted by Crippen LogP contribution is -2.48. The van der Waals surface area contributed by atoms with E-state index in [1.807, 2.05) is 0 Å². The first-order chi connectivity index (χ1) is 10.5. The quantitative estimate of drug-likeness (QED) is 0.729. The summed E-state index contributed by atoms with van der Waals surface area (Å²) in [5.41, 5.74) is 13.5. The van der Waals surface area contributed by atoms with Crippen molar-refractivity contribution in [3.05, 3.63) is 63.9 Å². The van der Waals surface area contributed by atoms with Gasteiger partial charge in [0.05, 0.1) is 0 Å². The maximum absolute atomic E-state index is 6.30. The first kappa shape index (κ1) is 14.8. The number of hydrogen-bond acceptors (Lipinski definition) is 6. The van der Waals surface area contributed by atoms with Gasteiger partial charge >= 0.3 is 0 Å². The minimum absolute atomic E-state index is 0.153. The number of guanidine groups is 1. The van der Waals surface area contributed by atoms with Gasteiger partial charge in [0.1, 0.15) is 11.0 Å². The Kier molecular flexibility index (Phi) is 3.74. The number of nitrogens with one attached hydrogen (secondary N) is 1. The van der Waals surface area contributed by atoms with E-state index < -0.39 is 5.79 Å². The first-order valence-electron chi connectivity index (χ1n) is 6.35. The van der Waals surface area contributed by atoms with Gasteiger partial charge in [0.2, 0.25) is 5.79 Å². The van der Waals surface area contributed by atoms with Crippen molar-refractivity contribution >= 4 is 35.0 Å². The van der Waals surface area contributed by atoms with Crippen LogP contribution in [0.3, 0.4) is 0 Å². The van der Waals surface area contributed by atoms with E-state index in [0.29, 0.717) is 27.1 Å². The molecule has 1 aromatic carbocycles. The maximum Gasteiger partial charge on any atom is 0.234 e. The van der Waals surface area contributed by atoms with Crippen molar-refractivity contribution in [1.29, 1.82) is 0 Å². The molecule has 2 heterocycles. The molecule has 0 aliphatic carbocycles. The molecule has 22 heavy (non-hydrogen) atoms. The largest absolute Gasteiger partial charge is 0.370 e. The average Bonchev–Trinajstić information content (AvgIpc) is 2.46. The molecule has 0 spiro atoms. The topological polar surface area (TPSA) is 102 Å². The molecule has 0 fully saturated rings. The second-order valence-corrected chi connectivity index (χ2v) is 5.51. The highest BCUT2D eigenvalue weighted by molar-refractivity contribution is 6.30. The molecule has 1 aliphatic rings. The van der Waals surface area contributed by atoms with Gasteiger partial charge in [-0.25, -0.2) is 15.0 Å². The molecule has 0 bridgehead atoms. The maximum atomic E-state index is 6.30. The number of nitrogens with zero attached hydrogens (tertiary/aromatic N) is 3. The standard InChI is InChI=1S/C14H12Cl2N6/c15-10-3-1-2-9(7-10)14(18)21-12(20-13(17)22-14)8-4-5-19-11(16)6-8/h1-7H,18H2,(H3,17,20,21,22). The molecule has 1 aliphatic heterocycles. The number of aromatic nitrogens is 1. The molecule has 0 radical (unpaired) electrons. The van der Waals surface area contributed by atoms with Gasteiger partial charge in [0, 0.05) is 22.3 Å². The van der Waals surface area contributed by atoms with Crippen molar-refractivity contribution < 1.29 is 0 Å². The normalized spacial score (nSPS) is 20.9. The number of nitrogens with two attached hydrogens (primary N) is 2. The fourth-order valence-electron chi connectivity index (χ4n) is 2.09. The van der Waals surface area contributed by atoms with Gasteiger partial charge in [-0.3, -0.25) is 5.73 Å². The molecule has 0 saturated carbocycles. The van der Waals surface area contributed by atoms with Gasteiger partial charge in [-0.2, -0.15) is 0 Å². The molecule has 8 heteroatoms. The Labute approximate surface area is 136 Å². The summed E-state index contributed by atoms with van der Waals surface area (Å²) in [6.07, 6.45) is 1.57. The third-order valence-corrected chi connectivity index (χ3v) is 3.51. The van der Waals surface area contributed by atoms with Crippen LogP contribution >= 0.6 is 23.2 Å². The minimum Gasteiger partial charge on any atom is -0.370 e. The fourth-order valence-corrected chi connectivity index (χ4v) is 2.45.